The molecule has 8 heteroatoms. The lowest BCUT2D eigenvalue weighted by Gasteiger charge is -2.15. The summed E-state index contributed by atoms with van der Waals surface area (Å²) in [6.07, 6.45) is 0. The molecular formula is C22H19NO7. The van der Waals surface area contributed by atoms with Crippen molar-refractivity contribution in [3.8, 4) is 23.0 Å². The zero-order chi connectivity index (χ0) is 21.3. The van der Waals surface area contributed by atoms with Gasteiger partial charge in [-0.2, -0.15) is 0 Å². The molecule has 1 aliphatic heterocycles. The molecule has 154 valence electrons. The van der Waals surface area contributed by atoms with Crippen LogP contribution in [0, 0.1) is 0 Å². The van der Waals surface area contributed by atoms with E-state index in [0.29, 0.717) is 22.3 Å². The maximum Gasteiger partial charge on any atom is 0.342 e. The molecule has 3 aromatic carbocycles. The fourth-order valence-corrected chi connectivity index (χ4v) is 3.25. The van der Waals surface area contributed by atoms with Crippen LogP contribution in [-0.4, -0.2) is 35.5 Å². The molecule has 0 radical (unpaired) electrons. The van der Waals surface area contributed by atoms with E-state index < -0.39 is 18.5 Å². The monoisotopic (exact) mass is 409 g/mol. The average Bonchev–Trinajstić information content (AvgIpc) is 3.22. The third-order valence-electron chi connectivity index (χ3n) is 4.82. The van der Waals surface area contributed by atoms with Crippen molar-refractivity contribution in [1.82, 2.24) is 5.32 Å². The first kappa shape index (κ1) is 19.4. The quantitative estimate of drug-likeness (QED) is 0.438. The normalized spacial score (nSPS) is 13.1. The molecule has 0 fully saturated rings. The van der Waals surface area contributed by atoms with Crippen molar-refractivity contribution in [2.24, 2.45) is 0 Å². The summed E-state index contributed by atoms with van der Waals surface area (Å²) in [5.74, 6) is -0.674. The molecule has 30 heavy (non-hydrogen) atoms. The number of ether oxygens (including phenoxy) is 3. The molecule has 0 saturated carbocycles. The topological polar surface area (TPSA) is 114 Å². The maximum absolute atomic E-state index is 12.3. The minimum absolute atomic E-state index is 0.159. The Labute approximate surface area is 171 Å². The summed E-state index contributed by atoms with van der Waals surface area (Å²) in [5.41, 5.74) is 0.582. The van der Waals surface area contributed by atoms with Crippen LogP contribution in [0.2, 0.25) is 0 Å². The highest BCUT2D eigenvalue weighted by atomic mass is 16.7. The van der Waals surface area contributed by atoms with Crippen molar-refractivity contribution in [3.05, 3.63) is 59.7 Å². The van der Waals surface area contributed by atoms with Crippen molar-refractivity contribution in [2.75, 3.05) is 13.4 Å². The smallest absolute Gasteiger partial charge is 0.342 e. The van der Waals surface area contributed by atoms with Gasteiger partial charge in [0.25, 0.3) is 5.91 Å². The van der Waals surface area contributed by atoms with Gasteiger partial charge in [0.2, 0.25) is 6.79 Å². The van der Waals surface area contributed by atoms with Gasteiger partial charge in [-0.3, -0.25) is 4.79 Å². The lowest BCUT2D eigenvalue weighted by molar-refractivity contribution is -0.124. The number of phenols is 2. The third-order valence-corrected chi connectivity index (χ3v) is 4.82. The average molecular weight is 409 g/mol. The van der Waals surface area contributed by atoms with Crippen LogP contribution in [0.15, 0.2) is 48.5 Å². The van der Waals surface area contributed by atoms with E-state index in [2.05, 4.69) is 5.32 Å². The number of hydrogen-bond donors (Lipinski definition) is 3. The molecule has 0 bridgehead atoms. The second-order valence-electron chi connectivity index (χ2n) is 6.82. The first-order valence-corrected chi connectivity index (χ1v) is 9.23. The van der Waals surface area contributed by atoms with Crippen LogP contribution in [0.3, 0.4) is 0 Å². The van der Waals surface area contributed by atoms with Crippen LogP contribution in [0.4, 0.5) is 0 Å². The Hall–Kier alpha value is -3.94. The molecule has 1 heterocycles. The molecule has 0 spiro atoms. The number of benzene rings is 3. The van der Waals surface area contributed by atoms with Crippen molar-refractivity contribution in [1.29, 1.82) is 0 Å². The molecule has 1 amide bonds. The summed E-state index contributed by atoms with van der Waals surface area (Å²) in [6, 6.07) is 12.7. The lowest BCUT2D eigenvalue weighted by Crippen LogP contribution is -2.31. The van der Waals surface area contributed by atoms with E-state index in [4.69, 9.17) is 14.2 Å². The number of carbonyl (C=O) groups excluding carboxylic acids is 2. The van der Waals surface area contributed by atoms with Gasteiger partial charge in [-0.15, -0.1) is 0 Å². The molecule has 0 unspecified atom stereocenters. The Bertz CT molecular complexity index is 1140. The zero-order valence-corrected chi connectivity index (χ0v) is 16.0. The SMILES string of the molecule is C[C@@H](NC(=O)COC(=O)c1cc(O)c2ccccc2c1O)c1ccc2c(c1)OCO2. The molecule has 3 aromatic rings. The van der Waals surface area contributed by atoms with Gasteiger partial charge in [0, 0.05) is 10.8 Å². The Morgan fingerprint density at radius 1 is 1.07 bits per heavy atom. The zero-order valence-electron chi connectivity index (χ0n) is 16.0. The summed E-state index contributed by atoms with van der Waals surface area (Å²) >= 11 is 0. The van der Waals surface area contributed by atoms with Crippen LogP contribution < -0.4 is 14.8 Å². The first-order chi connectivity index (χ1) is 14.4. The van der Waals surface area contributed by atoms with E-state index in [9.17, 15) is 19.8 Å². The van der Waals surface area contributed by atoms with Crippen LogP contribution in [0.25, 0.3) is 10.8 Å². The van der Waals surface area contributed by atoms with E-state index in [1.807, 2.05) is 0 Å². The van der Waals surface area contributed by atoms with Gasteiger partial charge in [0.1, 0.15) is 17.1 Å². The highest BCUT2D eigenvalue weighted by Crippen LogP contribution is 2.36. The Kier molecular flexibility index (Phi) is 5.05. The molecule has 4 rings (SSSR count). The fourth-order valence-electron chi connectivity index (χ4n) is 3.25. The molecule has 1 atom stereocenters. The van der Waals surface area contributed by atoms with Crippen LogP contribution in [0.5, 0.6) is 23.0 Å². The lowest BCUT2D eigenvalue weighted by atomic mass is 10.0. The molecule has 0 aromatic heterocycles. The second kappa shape index (κ2) is 7.82. The van der Waals surface area contributed by atoms with E-state index in [1.54, 1.807) is 49.4 Å². The van der Waals surface area contributed by atoms with Crippen molar-refractivity contribution >= 4 is 22.6 Å². The van der Waals surface area contributed by atoms with Gasteiger partial charge in [-0.25, -0.2) is 4.79 Å². The highest BCUT2D eigenvalue weighted by molar-refractivity contribution is 6.04. The van der Waals surface area contributed by atoms with Crippen LogP contribution in [-0.2, 0) is 9.53 Å². The number of rotatable bonds is 5. The summed E-state index contributed by atoms with van der Waals surface area (Å²) in [5, 5.41) is 23.9. The number of phenolic OH excluding ortho intramolecular Hbond substituents is 2. The highest BCUT2D eigenvalue weighted by Gasteiger charge is 2.20. The van der Waals surface area contributed by atoms with Gasteiger partial charge >= 0.3 is 5.97 Å². The molecule has 0 saturated heterocycles. The summed E-state index contributed by atoms with van der Waals surface area (Å²) in [4.78, 5) is 24.6. The Balaban J connectivity index is 1.40. The number of fused-ring (bicyclic) bond motifs is 2. The number of hydrogen-bond acceptors (Lipinski definition) is 7. The second-order valence-corrected chi connectivity index (χ2v) is 6.82. The Morgan fingerprint density at radius 3 is 2.60 bits per heavy atom. The predicted octanol–water partition coefficient (Wildman–Crippen LogP) is 3.01. The number of aromatic hydroxyl groups is 2. The van der Waals surface area contributed by atoms with Crippen LogP contribution >= 0.6 is 0 Å². The minimum Gasteiger partial charge on any atom is -0.507 e. The molecular weight excluding hydrogens is 390 g/mol. The van der Waals surface area contributed by atoms with Gasteiger partial charge in [0.15, 0.2) is 18.1 Å². The van der Waals surface area contributed by atoms with Gasteiger partial charge in [-0.1, -0.05) is 30.3 Å². The van der Waals surface area contributed by atoms with Gasteiger partial charge in [0.05, 0.1) is 6.04 Å². The predicted molar refractivity (Wildman–Crippen MR) is 107 cm³/mol. The minimum atomic E-state index is -0.917. The number of esters is 1. The fraction of sp³-hybridized carbons (Fsp3) is 0.182. The summed E-state index contributed by atoms with van der Waals surface area (Å²) in [7, 11) is 0. The van der Waals surface area contributed by atoms with Crippen molar-refractivity contribution in [2.45, 2.75) is 13.0 Å². The molecule has 0 aliphatic carbocycles. The number of amides is 1. The van der Waals surface area contributed by atoms with E-state index >= 15 is 0 Å². The summed E-state index contributed by atoms with van der Waals surface area (Å²) < 4.78 is 15.6. The van der Waals surface area contributed by atoms with E-state index in [-0.39, 0.29) is 29.9 Å². The summed E-state index contributed by atoms with van der Waals surface area (Å²) in [6.45, 7) is 1.40. The molecule has 8 nitrogen and oxygen atoms in total. The standard InChI is InChI=1S/C22H19NO7/c1-12(13-6-7-18-19(8-13)30-11-29-18)23-20(25)10-28-22(27)16-9-17(24)14-4-2-3-5-15(14)21(16)26/h2-9,12,24,26H,10-11H2,1H3,(H,23,25)/t12-/m1/s1. The molecule has 1 aliphatic rings. The van der Waals surface area contributed by atoms with Crippen molar-refractivity contribution in [3.63, 3.8) is 0 Å². The van der Waals surface area contributed by atoms with Crippen LogP contribution in [0.1, 0.15) is 28.9 Å². The van der Waals surface area contributed by atoms with E-state index in [0.717, 1.165) is 11.6 Å². The van der Waals surface area contributed by atoms with Gasteiger partial charge < -0.3 is 29.7 Å². The maximum atomic E-state index is 12.3. The Morgan fingerprint density at radius 2 is 1.80 bits per heavy atom. The number of nitrogens with one attached hydrogen (secondary N) is 1. The third kappa shape index (κ3) is 3.67. The number of carbonyl (C=O) groups is 2. The van der Waals surface area contributed by atoms with Gasteiger partial charge in [-0.05, 0) is 30.7 Å². The first-order valence-electron chi connectivity index (χ1n) is 9.23. The molecule has 3 N–H and O–H groups in total. The van der Waals surface area contributed by atoms with E-state index in [1.165, 1.54) is 0 Å². The largest absolute Gasteiger partial charge is 0.507 e. The van der Waals surface area contributed by atoms with Crippen molar-refractivity contribution < 1.29 is 34.0 Å².